The third-order valence-corrected chi connectivity index (χ3v) is 4.10. The maximum atomic E-state index is 13.1. The molecule has 0 fully saturated rings. The summed E-state index contributed by atoms with van der Waals surface area (Å²) in [5, 5.41) is 0.807. The third-order valence-electron chi connectivity index (χ3n) is 3.28. The van der Waals surface area contributed by atoms with Crippen LogP contribution in [-0.2, 0) is 11.3 Å². The smallest absolute Gasteiger partial charge is 0.338 e. The summed E-state index contributed by atoms with van der Waals surface area (Å²) in [4.78, 5) is 11.9. The highest BCUT2D eigenvalue weighted by molar-refractivity contribution is 6.43. The van der Waals surface area contributed by atoms with Crippen molar-refractivity contribution in [1.82, 2.24) is 0 Å². The first-order chi connectivity index (χ1) is 11.5. The molecular weight excluding hydrogens is 354 g/mol. The zero-order valence-electron chi connectivity index (χ0n) is 12.3. The fraction of sp³-hybridized carbons (Fsp3) is 0.0556. The lowest BCUT2D eigenvalue weighted by molar-refractivity contribution is 0.0446. The number of carbonyl (C=O) groups excluding carboxylic acids is 1. The van der Waals surface area contributed by atoms with E-state index in [0.29, 0.717) is 27.1 Å². The number of rotatable bonds is 4. The molecule has 3 nitrogen and oxygen atoms in total. The number of esters is 1. The first-order valence-corrected chi connectivity index (χ1v) is 7.76. The number of hydrogen-bond acceptors (Lipinski definition) is 3. The Balaban J connectivity index is 1.70. The zero-order valence-corrected chi connectivity index (χ0v) is 13.8. The van der Waals surface area contributed by atoms with Gasteiger partial charge in [0.1, 0.15) is 23.9 Å². The van der Waals surface area contributed by atoms with Crippen molar-refractivity contribution in [2.24, 2.45) is 0 Å². The minimum absolute atomic E-state index is 0.0759. The van der Waals surface area contributed by atoms with E-state index in [-0.39, 0.29) is 12.2 Å². The molecule has 0 bridgehead atoms. The van der Waals surface area contributed by atoms with Crippen LogP contribution in [0.5, 0.6) is 0 Å². The van der Waals surface area contributed by atoms with E-state index < -0.39 is 11.8 Å². The van der Waals surface area contributed by atoms with Gasteiger partial charge < -0.3 is 9.15 Å². The maximum Gasteiger partial charge on any atom is 0.338 e. The van der Waals surface area contributed by atoms with Gasteiger partial charge in [0.15, 0.2) is 0 Å². The molecule has 0 N–H and O–H groups in total. The van der Waals surface area contributed by atoms with Crippen LogP contribution in [0.4, 0.5) is 4.39 Å². The topological polar surface area (TPSA) is 39.4 Å². The van der Waals surface area contributed by atoms with Crippen LogP contribution in [0.3, 0.4) is 0 Å². The molecule has 0 aliphatic heterocycles. The van der Waals surface area contributed by atoms with E-state index in [4.69, 9.17) is 32.4 Å². The third kappa shape index (κ3) is 3.61. The lowest BCUT2D eigenvalue weighted by atomic mass is 10.2. The SMILES string of the molecule is O=C(OCc1ccc(-c2cccc(Cl)c2Cl)o1)c1cccc(F)c1. The van der Waals surface area contributed by atoms with Crippen molar-refractivity contribution in [3.05, 3.63) is 81.8 Å². The summed E-state index contributed by atoms with van der Waals surface area (Å²) in [6.45, 7) is -0.0759. The zero-order chi connectivity index (χ0) is 17.1. The van der Waals surface area contributed by atoms with E-state index in [1.165, 1.54) is 18.2 Å². The van der Waals surface area contributed by atoms with Gasteiger partial charge in [-0.1, -0.05) is 35.3 Å². The molecule has 3 aromatic rings. The normalized spacial score (nSPS) is 10.6. The van der Waals surface area contributed by atoms with Gasteiger partial charge >= 0.3 is 5.97 Å². The van der Waals surface area contributed by atoms with E-state index in [2.05, 4.69) is 0 Å². The van der Waals surface area contributed by atoms with Crippen LogP contribution in [0.1, 0.15) is 16.1 Å². The van der Waals surface area contributed by atoms with E-state index in [0.717, 1.165) is 6.07 Å². The summed E-state index contributed by atoms with van der Waals surface area (Å²) in [6.07, 6.45) is 0. The van der Waals surface area contributed by atoms with Gasteiger partial charge in [-0.3, -0.25) is 0 Å². The fourth-order valence-electron chi connectivity index (χ4n) is 2.13. The van der Waals surface area contributed by atoms with Crippen LogP contribution in [0.25, 0.3) is 11.3 Å². The van der Waals surface area contributed by atoms with Crippen LogP contribution in [0.2, 0.25) is 10.0 Å². The summed E-state index contributed by atoms with van der Waals surface area (Å²) >= 11 is 12.1. The van der Waals surface area contributed by atoms with Crippen LogP contribution >= 0.6 is 23.2 Å². The molecule has 0 saturated carbocycles. The lowest BCUT2D eigenvalue weighted by Crippen LogP contribution is -2.05. The molecular formula is C18H11Cl2FO3. The summed E-state index contributed by atoms with van der Waals surface area (Å²) in [7, 11) is 0. The number of benzene rings is 2. The first-order valence-electron chi connectivity index (χ1n) is 7.00. The van der Waals surface area contributed by atoms with Crippen molar-refractivity contribution in [3.8, 4) is 11.3 Å². The van der Waals surface area contributed by atoms with Gasteiger partial charge in [-0.05, 0) is 42.5 Å². The van der Waals surface area contributed by atoms with Crippen LogP contribution < -0.4 is 0 Å². The van der Waals surface area contributed by atoms with Crippen LogP contribution in [0.15, 0.2) is 59.0 Å². The van der Waals surface area contributed by atoms with Gasteiger partial charge in [0.05, 0.1) is 15.6 Å². The molecule has 6 heteroatoms. The molecule has 1 aromatic heterocycles. The second-order valence-electron chi connectivity index (χ2n) is 4.95. The number of furan rings is 1. The molecule has 24 heavy (non-hydrogen) atoms. The number of halogens is 3. The maximum absolute atomic E-state index is 13.1. The Morgan fingerprint density at radius 3 is 2.67 bits per heavy atom. The van der Waals surface area contributed by atoms with Gasteiger partial charge in [0.2, 0.25) is 0 Å². The molecule has 122 valence electrons. The summed E-state index contributed by atoms with van der Waals surface area (Å²) in [5.41, 5.74) is 0.784. The predicted molar refractivity (Wildman–Crippen MR) is 89.7 cm³/mol. The Kier molecular flexibility index (Phi) is 4.88. The molecule has 2 aromatic carbocycles. The summed E-state index contributed by atoms with van der Waals surface area (Å²) in [5.74, 6) is -0.182. The number of carbonyl (C=O) groups is 1. The molecule has 0 saturated heterocycles. The molecule has 1 heterocycles. The highest BCUT2D eigenvalue weighted by atomic mass is 35.5. The average molecular weight is 365 g/mol. The Morgan fingerprint density at radius 2 is 1.88 bits per heavy atom. The Hall–Kier alpha value is -2.30. The van der Waals surface area contributed by atoms with E-state index in [1.54, 1.807) is 30.3 Å². The van der Waals surface area contributed by atoms with Gasteiger partial charge in [-0.2, -0.15) is 0 Å². The minimum atomic E-state index is -0.631. The van der Waals surface area contributed by atoms with Crippen molar-refractivity contribution in [1.29, 1.82) is 0 Å². The second kappa shape index (κ2) is 7.07. The molecule has 0 radical (unpaired) electrons. The van der Waals surface area contributed by atoms with E-state index >= 15 is 0 Å². The predicted octanol–water partition coefficient (Wildman–Crippen LogP) is 5.75. The fourth-order valence-corrected chi connectivity index (χ4v) is 2.52. The van der Waals surface area contributed by atoms with Gasteiger partial charge in [-0.15, -0.1) is 0 Å². The molecule has 0 aliphatic rings. The van der Waals surface area contributed by atoms with Crippen molar-refractivity contribution in [2.45, 2.75) is 6.61 Å². The first kappa shape index (κ1) is 16.6. The van der Waals surface area contributed by atoms with Crippen molar-refractivity contribution < 1.29 is 18.3 Å². The van der Waals surface area contributed by atoms with Crippen LogP contribution in [-0.4, -0.2) is 5.97 Å². The highest BCUT2D eigenvalue weighted by Gasteiger charge is 2.13. The minimum Gasteiger partial charge on any atom is -0.457 e. The van der Waals surface area contributed by atoms with Crippen molar-refractivity contribution in [3.63, 3.8) is 0 Å². The largest absolute Gasteiger partial charge is 0.457 e. The molecule has 0 amide bonds. The van der Waals surface area contributed by atoms with Gasteiger partial charge in [0.25, 0.3) is 0 Å². The lowest BCUT2D eigenvalue weighted by Gasteiger charge is -2.04. The second-order valence-corrected chi connectivity index (χ2v) is 5.74. The molecule has 0 atom stereocenters. The Morgan fingerprint density at radius 1 is 1.08 bits per heavy atom. The summed E-state index contributed by atoms with van der Waals surface area (Å²) < 4.78 is 23.8. The Labute approximate surface area is 147 Å². The molecule has 0 unspecified atom stereocenters. The summed E-state index contributed by atoms with van der Waals surface area (Å²) in [6, 6.07) is 13.9. The Bertz CT molecular complexity index is 889. The number of ether oxygens (including phenoxy) is 1. The van der Waals surface area contributed by atoms with Gasteiger partial charge in [0, 0.05) is 5.56 Å². The standard InChI is InChI=1S/C18H11Cl2FO3/c19-15-6-2-5-14(17(15)20)16-8-7-13(24-16)10-23-18(22)11-3-1-4-12(21)9-11/h1-9H,10H2. The quantitative estimate of drug-likeness (QED) is 0.553. The van der Waals surface area contributed by atoms with E-state index in [1.807, 2.05) is 0 Å². The van der Waals surface area contributed by atoms with Crippen molar-refractivity contribution in [2.75, 3.05) is 0 Å². The monoisotopic (exact) mass is 364 g/mol. The van der Waals surface area contributed by atoms with Crippen molar-refractivity contribution >= 4 is 29.2 Å². The van der Waals surface area contributed by atoms with Gasteiger partial charge in [-0.25, -0.2) is 9.18 Å². The van der Waals surface area contributed by atoms with E-state index in [9.17, 15) is 9.18 Å². The molecule has 0 spiro atoms. The number of hydrogen-bond donors (Lipinski definition) is 0. The highest BCUT2D eigenvalue weighted by Crippen LogP contribution is 2.34. The molecule has 3 rings (SSSR count). The van der Waals surface area contributed by atoms with Crippen LogP contribution in [0, 0.1) is 5.82 Å². The average Bonchev–Trinajstić information content (AvgIpc) is 3.04. The molecule has 0 aliphatic carbocycles.